The van der Waals surface area contributed by atoms with Gasteiger partial charge in [0.25, 0.3) is 30.4 Å². The second-order valence-electron chi connectivity index (χ2n) is 13.9. The van der Waals surface area contributed by atoms with Crippen molar-refractivity contribution >= 4 is 109 Å². The van der Waals surface area contributed by atoms with Gasteiger partial charge in [-0.15, -0.1) is 25.6 Å². The Balaban J connectivity index is 1.15. The molecule has 8 N–H and O–H groups in total. The number of hydrogen-bond acceptors (Lipinski definition) is 19. The molecule has 7 rings (SSSR count). The van der Waals surface area contributed by atoms with E-state index in [1.165, 1.54) is 38.5 Å². The van der Waals surface area contributed by atoms with Crippen LogP contribution in [0.5, 0.6) is 17.2 Å². The maximum Gasteiger partial charge on any atom is 0.296 e. The highest BCUT2D eigenvalue weighted by Crippen LogP contribution is 2.45. The molecule has 338 valence electrons. The molecule has 0 spiro atoms. The average molecular weight is 955 g/mol. The largest absolute Gasteiger partial charge is 0.505 e. The third kappa shape index (κ3) is 9.79. The number of phenolic OH excluding ortho intramolecular Hbond substituents is 1. The van der Waals surface area contributed by atoms with Crippen LogP contribution < -0.4 is 20.9 Å². The van der Waals surface area contributed by atoms with Gasteiger partial charge < -0.3 is 26.0 Å². The van der Waals surface area contributed by atoms with Crippen molar-refractivity contribution in [3.63, 3.8) is 0 Å². The van der Waals surface area contributed by atoms with E-state index in [9.17, 15) is 44.0 Å². The Bertz CT molecular complexity index is 3600. The average Bonchev–Trinajstić information content (AvgIpc) is 3.26. The highest BCUT2D eigenvalue weighted by atomic mass is 32.2. The lowest BCUT2D eigenvalue weighted by molar-refractivity contribution is 0.415. The molecular formula is C41H34N10O12S3. The lowest BCUT2D eigenvalue weighted by Gasteiger charge is -2.11. The Morgan fingerprint density at radius 3 is 1.56 bits per heavy atom. The number of methoxy groups -OCH3 is 2. The molecule has 0 aliphatic heterocycles. The second kappa shape index (κ2) is 18.0. The van der Waals surface area contributed by atoms with Crippen LogP contribution in [0.1, 0.15) is 5.56 Å². The van der Waals surface area contributed by atoms with Gasteiger partial charge in [0.15, 0.2) is 5.75 Å². The normalized spacial score (nSPS) is 12.7. The molecule has 25 heteroatoms. The van der Waals surface area contributed by atoms with Gasteiger partial charge in [0.2, 0.25) is 0 Å². The van der Waals surface area contributed by atoms with Crippen molar-refractivity contribution in [2.45, 2.75) is 21.6 Å². The van der Waals surface area contributed by atoms with E-state index < -0.39 is 62.2 Å². The number of aromatic hydroxyl groups is 1. The number of fused-ring (bicyclic) bond motifs is 2. The molecule has 0 atom stereocenters. The number of benzene rings is 7. The minimum absolute atomic E-state index is 0.122. The molecule has 0 radical (unpaired) electrons. The maximum atomic E-state index is 12.4. The fourth-order valence-corrected chi connectivity index (χ4v) is 8.34. The third-order valence-corrected chi connectivity index (χ3v) is 12.3. The summed E-state index contributed by atoms with van der Waals surface area (Å²) in [5, 5.41) is 45.7. The molecule has 66 heavy (non-hydrogen) atoms. The molecule has 0 aliphatic rings. The van der Waals surface area contributed by atoms with Crippen LogP contribution in [0.3, 0.4) is 0 Å². The standard InChI is InChI=1S/C41H34N10O12S3/c1-21-14-34(36(63-3)20-33(21)49-48-32-11-9-23(17-35(32)62-2)44-45-24-8-10-28(42)38(18-24)65(56,57)58)50-46-30-12-13-31(26-7-5-4-6-25(26)30)47-51-40-39(66(59,60)61)16-22-15-37(64(53,54)55)29(43)19-27(22)41(40)52/h4-20,52H,42-43H2,1-3H3,(H,53,54,55)(H,56,57,58)(H,59,60,61). The van der Waals surface area contributed by atoms with Crippen LogP contribution in [0.4, 0.5) is 56.9 Å². The van der Waals surface area contributed by atoms with Crippen LogP contribution in [0.2, 0.25) is 0 Å². The van der Waals surface area contributed by atoms with E-state index in [4.69, 9.17) is 20.9 Å². The van der Waals surface area contributed by atoms with Gasteiger partial charge in [0.05, 0.1) is 54.0 Å². The Labute approximate surface area is 374 Å². The summed E-state index contributed by atoms with van der Waals surface area (Å²) in [4.78, 5) is -2.14. The van der Waals surface area contributed by atoms with Gasteiger partial charge in [-0.25, -0.2) is 0 Å². The maximum absolute atomic E-state index is 12.4. The number of aryl methyl sites for hydroxylation is 1. The van der Waals surface area contributed by atoms with Gasteiger partial charge in [-0.05, 0) is 84.6 Å². The smallest absolute Gasteiger partial charge is 0.296 e. The Morgan fingerprint density at radius 1 is 0.470 bits per heavy atom. The number of rotatable bonds is 13. The van der Waals surface area contributed by atoms with Gasteiger partial charge in [0, 0.05) is 28.3 Å². The van der Waals surface area contributed by atoms with Crippen LogP contribution in [-0.2, 0) is 30.4 Å². The number of ether oxygens (including phenoxy) is 2. The molecule has 0 bridgehead atoms. The quantitative estimate of drug-likeness (QED) is 0.0356. The van der Waals surface area contributed by atoms with Crippen LogP contribution in [0, 0.1) is 6.92 Å². The number of azo groups is 4. The van der Waals surface area contributed by atoms with Crippen LogP contribution in [0.15, 0.2) is 159 Å². The molecule has 0 unspecified atom stereocenters. The first-order valence-corrected chi connectivity index (χ1v) is 22.9. The summed E-state index contributed by atoms with van der Waals surface area (Å²) in [6.45, 7) is 1.78. The van der Waals surface area contributed by atoms with Crippen molar-refractivity contribution in [3.05, 3.63) is 109 Å². The van der Waals surface area contributed by atoms with Gasteiger partial charge in [-0.2, -0.15) is 40.6 Å². The van der Waals surface area contributed by atoms with E-state index in [1.54, 1.807) is 61.5 Å². The predicted octanol–water partition coefficient (Wildman–Crippen LogP) is 10.6. The molecule has 0 fully saturated rings. The third-order valence-electron chi connectivity index (χ3n) is 9.62. The summed E-state index contributed by atoms with van der Waals surface area (Å²) in [6, 6.07) is 24.4. The van der Waals surface area contributed by atoms with Crippen molar-refractivity contribution in [3.8, 4) is 17.2 Å². The van der Waals surface area contributed by atoms with Crippen molar-refractivity contribution in [2.24, 2.45) is 40.9 Å². The van der Waals surface area contributed by atoms with E-state index in [0.717, 1.165) is 24.3 Å². The van der Waals surface area contributed by atoms with Crippen molar-refractivity contribution in [2.75, 3.05) is 25.7 Å². The van der Waals surface area contributed by atoms with Gasteiger partial charge in [-0.3, -0.25) is 13.7 Å². The molecule has 0 saturated carbocycles. The molecule has 22 nitrogen and oxygen atoms in total. The first kappa shape index (κ1) is 46.2. The number of nitrogens with two attached hydrogens (primary N) is 2. The Kier molecular flexibility index (Phi) is 12.6. The van der Waals surface area contributed by atoms with Crippen molar-refractivity contribution in [1.82, 2.24) is 0 Å². The summed E-state index contributed by atoms with van der Waals surface area (Å²) in [6.07, 6.45) is 0. The fourth-order valence-electron chi connectivity index (χ4n) is 6.42. The SMILES string of the molecule is COc1cc(N=Nc2ccc(N)c(S(=O)(=O)O)c2)ccc1N=Nc1cc(OC)c(N=Nc2ccc(N=Nc3c(S(=O)(=O)O)cc4cc(S(=O)(=O)O)c(N)cc4c3O)c3ccccc23)cc1C. The highest BCUT2D eigenvalue weighted by Gasteiger charge is 2.25. The van der Waals surface area contributed by atoms with Gasteiger partial charge in [-0.1, -0.05) is 24.3 Å². The molecule has 0 heterocycles. The van der Waals surface area contributed by atoms with Gasteiger partial charge >= 0.3 is 0 Å². The minimum atomic E-state index is -5.08. The van der Waals surface area contributed by atoms with E-state index in [-0.39, 0.29) is 27.8 Å². The summed E-state index contributed by atoms with van der Waals surface area (Å²) >= 11 is 0. The molecule has 0 aromatic heterocycles. The summed E-state index contributed by atoms with van der Waals surface area (Å²) in [5.41, 5.74) is 13.0. The van der Waals surface area contributed by atoms with E-state index in [1.807, 2.05) is 0 Å². The first-order chi connectivity index (χ1) is 31.2. The number of nitrogens with zero attached hydrogens (tertiary/aromatic N) is 8. The molecule has 7 aromatic carbocycles. The number of anilines is 2. The second-order valence-corrected chi connectivity index (χ2v) is 18.1. The first-order valence-electron chi connectivity index (χ1n) is 18.6. The van der Waals surface area contributed by atoms with Crippen LogP contribution >= 0.6 is 0 Å². The summed E-state index contributed by atoms with van der Waals surface area (Å²) < 4.78 is 112. The van der Waals surface area contributed by atoms with Crippen molar-refractivity contribution in [1.29, 1.82) is 0 Å². The number of phenols is 1. The highest BCUT2D eigenvalue weighted by molar-refractivity contribution is 7.86. The number of hydrogen-bond donors (Lipinski definition) is 6. The van der Waals surface area contributed by atoms with Crippen LogP contribution in [-0.4, -0.2) is 58.2 Å². The zero-order valence-electron chi connectivity index (χ0n) is 34.3. The Hall–Kier alpha value is -7.81. The van der Waals surface area contributed by atoms with E-state index >= 15 is 0 Å². The lowest BCUT2D eigenvalue weighted by atomic mass is 10.1. The molecular weight excluding hydrogens is 921 g/mol. The predicted molar refractivity (Wildman–Crippen MR) is 242 cm³/mol. The lowest BCUT2D eigenvalue weighted by Crippen LogP contribution is -2.04. The van der Waals surface area contributed by atoms with Gasteiger partial charge in [0.1, 0.15) is 43.2 Å². The zero-order valence-corrected chi connectivity index (χ0v) is 36.8. The monoisotopic (exact) mass is 954 g/mol. The summed E-state index contributed by atoms with van der Waals surface area (Å²) in [5.74, 6) is -0.200. The van der Waals surface area contributed by atoms with E-state index in [2.05, 4.69) is 40.9 Å². The minimum Gasteiger partial charge on any atom is -0.505 e. The molecule has 0 saturated heterocycles. The Morgan fingerprint density at radius 2 is 0.955 bits per heavy atom. The topological polar surface area (TPSA) is 353 Å². The van der Waals surface area contributed by atoms with Crippen molar-refractivity contribution < 1.29 is 53.5 Å². The zero-order chi connectivity index (χ0) is 47.7. The molecule has 0 aliphatic carbocycles. The summed E-state index contributed by atoms with van der Waals surface area (Å²) in [7, 11) is -11.6. The fraction of sp³-hybridized carbons (Fsp3) is 0.0732. The van der Waals surface area contributed by atoms with Crippen LogP contribution in [0.25, 0.3) is 21.5 Å². The molecule has 7 aromatic rings. The van der Waals surface area contributed by atoms with E-state index in [0.29, 0.717) is 56.3 Å². The molecule has 0 amide bonds. The number of nitrogen functional groups attached to an aromatic ring is 2.